The van der Waals surface area contributed by atoms with Crippen LogP contribution in [0.3, 0.4) is 0 Å². The average molecular weight is 356 g/mol. The summed E-state index contributed by atoms with van der Waals surface area (Å²) in [6.07, 6.45) is 1.88. The smallest absolute Gasteiger partial charge is 0.260 e. The van der Waals surface area contributed by atoms with Crippen molar-refractivity contribution in [2.24, 2.45) is 5.92 Å². The Morgan fingerprint density at radius 3 is 2.62 bits per heavy atom. The van der Waals surface area contributed by atoms with Crippen LogP contribution in [0, 0.1) is 11.7 Å². The van der Waals surface area contributed by atoms with E-state index < -0.39 is 0 Å². The third kappa shape index (κ3) is 5.05. The van der Waals surface area contributed by atoms with Crippen LogP contribution >= 0.6 is 0 Å². The lowest BCUT2D eigenvalue weighted by molar-refractivity contribution is -0.132. The summed E-state index contributed by atoms with van der Waals surface area (Å²) >= 11 is 0. The van der Waals surface area contributed by atoms with Gasteiger partial charge in [-0.15, -0.1) is 0 Å². The number of nitrogens with zero attached hydrogens (tertiary/aromatic N) is 1. The molecule has 26 heavy (non-hydrogen) atoms. The van der Waals surface area contributed by atoms with Crippen molar-refractivity contribution >= 4 is 17.5 Å². The highest BCUT2D eigenvalue weighted by Gasteiger charge is 2.29. The molecule has 0 atom stereocenters. The van der Waals surface area contributed by atoms with Crippen LogP contribution in [-0.4, -0.2) is 30.4 Å². The molecule has 3 rings (SSSR count). The molecule has 5 nitrogen and oxygen atoms in total. The fourth-order valence-corrected chi connectivity index (χ4v) is 2.46. The van der Waals surface area contributed by atoms with Gasteiger partial charge < -0.3 is 15.0 Å². The molecule has 0 unspecified atom stereocenters. The van der Waals surface area contributed by atoms with Crippen molar-refractivity contribution in [3.8, 4) is 5.75 Å². The molecule has 136 valence electrons. The number of hydrogen-bond donors (Lipinski definition) is 1. The second-order valence-corrected chi connectivity index (χ2v) is 6.46. The quantitative estimate of drug-likeness (QED) is 0.829. The van der Waals surface area contributed by atoms with Crippen molar-refractivity contribution in [3.05, 3.63) is 59.9 Å². The van der Waals surface area contributed by atoms with Crippen LogP contribution in [0.15, 0.2) is 48.5 Å². The predicted molar refractivity (Wildman–Crippen MR) is 96.2 cm³/mol. The first-order chi connectivity index (χ1) is 12.5. The maximum absolute atomic E-state index is 12.9. The topological polar surface area (TPSA) is 58.6 Å². The highest BCUT2D eigenvalue weighted by molar-refractivity contribution is 5.94. The Morgan fingerprint density at radius 2 is 1.92 bits per heavy atom. The number of ether oxygens (including phenoxy) is 1. The van der Waals surface area contributed by atoms with Gasteiger partial charge in [-0.1, -0.05) is 18.2 Å². The van der Waals surface area contributed by atoms with Crippen molar-refractivity contribution in [1.29, 1.82) is 0 Å². The van der Waals surface area contributed by atoms with Gasteiger partial charge in [0.15, 0.2) is 6.61 Å². The van der Waals surface area contributed by atoms with Crippen LogP contribution in [0.2, 0.25) is 0 Å². The molecule has 1 aliphatic carbocycles. The van der Waals surface area contributed by atoms with Gasteiger partial charge >= 0.3 is 0 Å². The van der Waals surface area contributed by atoms with Gasteiger partial charge in [-0.3, -0.25) is 9.59 Å². The lowest BCUT2D eigenvalue weighted by Crippen LogP contribution is -2.30. The first-order valence-electron chi connectivity index (χ1n) is 8.53. The molecule has 0 aliphatic heterocycles. The third-order valence-corrected chi connectivity index (χ3v) is 4.17. The highest BCUT2D eigenvalue weighted by atomic mass is 19.1. The lowest BCUT2D eigenvalue weighted by Gasteiger charge is -2.18. The number of likely N-dealkylation sites (N-methyl/N-ethyl adjacent to an activating group) is 1. The minimum absolute atomic E-state index is 0.0252. The fourth-order valence-electron chi connectivity index (χ4n) is 2.46. The van der Waals surface area contributed by atoms with E-state index in [4.69, 9.17) is 4.74 Å². The largest absolute Gasteiger partial charge is 0.484 e. The summed E-state index contributed by atoms with van der Waals surface area (Å²) in [5.41, 5.74) is 1.50. The van der Waals surface area contributed by atoms with Gasteiger partial charge in [0.25, 0.3) is 5.91 Å². The molecule has 0 bridgehead atoms. The van der Waals surface area contributed by atoms with E-state index in [0.717, 1.165) is 18.4 Å². The first-order valence-corrected chi connectivity index (χ1v) is 8.53. The minimum Gasteiger partial charge on any atom is -0.484 e. The van der Waals surface area contributed by atoms with Gasteiger partial charge in [-0.2, -0.15) is 0 Å². The summed E-state index contributed by atoms with van der Waals surface area (Å²) < 4.78 is 18.5. The van der Waals surface area contributed by atoms with E-state index >= 15 is 0 Å². The maximum Gasteiger partial charge on any atom is 0.260 e. The zero-order chi connectivity index (χ0) is 18.5. The molecule has 0 aromatic heterocycles. The Bertz CT molecular complexity index is 788. The van der Waals surface area contributed by atoms with Crippen LogP contribution in [0.5, 0.6) is 5.75 Å². The number of halogens is 1. The minimum atomic E-state index is -0.306. The molecule has 2 aromatic rings. The summed E-state index contributed by atoms with van der Waals surface area (Å²) in [5, 5.41) is 2.85. The fraction of sp³-hybridized carbons (Fsp3) is 0.300. The molecule has 0 spiro atoms. The SMILES string of the molecule is CN(Cc1ccc(F)cc1)C(=O)COc1cccc(NC(=O)C2CC2)c1. The summed E-state index contributed by atoms with van der Waals surface area (Å²) in [5.74, 6) is 0.169. The van der Waals surface area contributed by atoms with E-state index in [-0.39, 0.29) is 30.2 Å². The van der Waals surface area contributed by atoms with Gasteiger partial charge in [0.2, 0.25) is 5.91 Å². The Labute approximate surface area is 151 Å². The van der Waals surface area contributed by atoms with E-state index in [2.05, 4.69) is 5.32 Å². The molecule has 0 saturated heterocycles. The molecule has 2 amide bonds. The molecule has 1 aliphatic rings. The van der Waals surface area contributed by atoms with Crippen LogP contribution in [-0.2, 0) is 16.1 Å². The Hall–Kier alpha value is -2.89. The number of amides is 2. The zero-order valence-corrected chi connectivity index (χ0v) is 14.6. The summed E-state index contributed by atoms with van der Waals surface area (Å²) in [7, 11) is 1.67. The molecular weight excluding hydrogens is 335 g/mol. The first kappa shape index (κ1) is 17.9. The zero-order valence-electron chi connectivity index (χ0n) is 14.6. The molecule has 0 heterocycles. The van der Waals surface area contributed by atoms with Gasteiger partial charge in [-0.05, 0) is 42.7 Å². The van der Waals surface area contributed by atoms with E-state index in [1.165, 1.54) is 17.0 Å². The van der Waals surface area contributed by atoms with Crippen molar-refractivity contribution in [1.82, 2.24) is 4.90 Å². The van der Waals surface area contributed by atoms with Crippen molar-refractivity contribution in [2.75, 3.05) is 19.0 Å². The molecule has 2 aromatic carbocycles. The number of hydrogen-bond acceptors (Lipinski definition) is 3. The van der Waals surface area contributed by atoms with Crippen molar-refractivity contribution in [2.45, 2.75) is 19.4 Å². The van der Waals surface area contributed by atoms with Gasteiger partial charge in [0, 0.05) is 31.3 Å². The number of carbonyl (C=O) groups excluding carboxylic acids is 2. The second-order valence-electron chi connectivity index (χ2n) is 6.46. The summed E-state index contributed by atoms with van der Waals surface area (Å²) in [6, 6.07) is 13.0. The molecule has 0 radical (unpaired) electrons. The molecule has 6 heteroatoms. The average Bonchev–Trinajstić information content (AvgIpc) is 3.47. The van der Waals surface area contributed by atoms with Crippen LogP contribution in [0.1, 0.15) is 18.4 Å². The van der Waals surface area contributed by atoms with Crippen LogP contribution in [0.4, 0.5) is 10.1 Å². The number of carbonyl (C=O) groups is 2. The number of nitrogens with one attached hydrogen (secondary N) is 1. The molecular formula is C20H21FN2O3. The summed E-state index contributed by atoms with van der Waals surface area (Å²) in [6.45, 7) is 0.262. The normalized spacial score (nSPS) is 13.2. The predicted octanol–water partition coefficient (Wildman–Crippen LogP) is 3.21. The van der Waals surface area contributed by atoms with Crippen molar-refractivity contribution in [3.63, 3.8) is 0 Å². The Balaban J connectivity index is 1.50. The van der Waals surface area contributed by atoms with Gasteiger partial charge in [-0.25, -0.2) is 4.39 Å². The van der Waals surface area contributed by atoms with Crippen molar-refractivity contribution < 1.29 is 18.7 Å². The monoisotopic (exact) mass is 356 g/mol. The number of rotatable bonds is 7. The second kappa shape index (κ2) is 7.99. The van der Waals surface area contributed by atoms with E-state index in [1.54, 1.807) is 43.4 Å². The Morgan fingerprint density at radius 1 is 1.19 bits per heavy atom. The standard InChI is InChI=1S/C20H21FN2O3/c1-23(12-14-5-9-16(21)10-6-14)19(24)13-26-18-4-2-3-17(11-18)22-20(25)15-7-8-15/h2-6,9-11,15H,7-8,12-13H2,1H3,(H,22,25). The molecule has 1 saturated carbocycles. The lowest BCUT2D eigenvalue weighted by atomic mass is 10.2. The molecule has 1 N–H and O–H groups in total. The number of anilines is 1. The van der Waals surface area contributed by atoms with Gasteiger partial charge in [0.05, 0.1) is 0 Å². The number of benzene rings is 2. The maximum atomic E-state index is 12.9. The molecule has 1 fully saturated rings. The van der Waals surface area contributed by atoms with E-state index in [0.29, 0.717) is 18.0 Å². The Kier molecular flexibility index (Phi) is 5.51. The van der Waals surface area contributed by atoms with Crippen LogP contribution in [0.25, 0.3) is 0 Å². The highest BCUT2D eigenvalue weighted by Crippen LogP contribution is 2.30. The van der Waals surface area contributed by atoms with E-state index in [9.17, 15) is 14.0 Å². The third-order valence-electron chi connectivity index (χ3n) is 4.17. The van der Waals surface area contributed by atoms with Crippen LogP contribution < -0.4 is 10.1 Å². The summed E-state index contributed by atoms with van der Waals surface area (Å²) in [4.78, 5) is 25.5. The van der Waals surface area contributed by atoms with Gasteiger partial charge in [0.1, 0.15) is 11.6 Å². The van der Waals surface area contributed by atoms with E-state index in [1.807, 2.05) is 0 Å².